The lowest BCUT2D eigenvalue weighted by atomic mass is 10.0. The van der Waals surface area contributed by atoms with Gasteiger partial charge in [0.1, 0.15) is 29.5 Å². The molecule has 7 atom stereocenters. The Bertz CT molecular complexity index is 2050. The van der Waals surface area contributed by atoms with Crippen molar-refractivity contribution in [1.29, 1.82) is 0 Å². The molecule has 1 aromatic heterocycles. The van der Waals surface area contributed by atoms with E-state index in [-0.39, 0.29) is 36.0 Å². The lowest BCUT2D eigenvalue weighted by molar-refractivity contribution is -0.244. The Morgan fingerprint density at radius 1 is 1.05 bits per heavy atom. The predicted molar refractivity (Wildman–Crippen MR) is 239 cm³/mol. The second-order valence-electron chi connectivity index (χ2n) is 15.5. The third-order valence-corrected chi connectivity index (χ3v) is 12.7. The van der Waals surface area contributed by atoms with Gasteiger partial charge in [-0.25, -0.2) is 18.2 Å². The van der Waals surface area contributed by atoms with Gasteiger partial charge in [0.2, 0.25) is 33.3 Å². The van der Waals surface area contributed by atoms with Crippen molar-refractivity contribution in [2.75, 3.05) is 13.7 Å². The van der Waals surface area contributed by atoms with Gasteiger partial charge in [-0.05, 0) is 65.4 Å². The molecule has 1 saturated heterocycles. The van der Waals surface area contributed by atoms with E-state index in [0.717, 1.165) is 4.90 Å². The van der Waals surface area contributed by atoms with Crippen molar-refractivity contribution < 1.29 is 64.0 Å². The lowest BCUT2D eigenvalue weighted by Crippen LogP contribution is -2.61. The summed E-state index contributed by atoms with van der Waals surface area (Å²) in [4.78, 5) is 61.7. The summed E-state index contributed by atoms with van der Waals surface area (Å²) in [6.07, 6.45) is -2.33. The second kappa shape index (κ2) is 22.3. The molecular formula is C44H72F3N5O10S. The molecule has 3 fully saturated rings. The zero-order valence-electron chi connectivity index (χ0n) is 38.3. The number of aromatic nitrogens is 1. The van der Waals surface area contributed by atoms with E-state index < -0.39 is 92.7 Å². The molecule has 63 heavy (non-hydrogen) atoms. The van der Waals surface area contributed by atoms with E-state index in [1.54, 1.807) is 50.3 Å². The van der Waals surface area contributed by atoms with Gasteiger partial charge in [0.25, 0.3) is 5.91 Å². The molecule has 0 bridgehead atoms. The molecule has 2 aliphatic heterocycles. The normalized spacial score (nSPS) is 26.7. The number of methoxy groups -OCH3 is 1. The van der Waals surface area contributed by atoms with Gasteiger partial charge in [0.15, 0.2) is 0 Å². The average molecular weight is 920 g/mol. The number of alkyl carbamates (subject to hydrolysis) is 1. The van der Waals surface area contributed by atoms with E-state index in [4.69, 9.17) is 18.9 Å². The fourth-order valence-corrected chi connectivity index (χ4v) is 8.57. The van der Waals surface area contributed by atoms with Crippen molar-refractivity contribution >= 4 is 44.6 Å². The Morgan fingerprint density at radius 3 is 2.27 bits per heavy atom. The fraction of sp³-hybridized carbons (Fsp3) is 0.659. The predicted octanol–water partition coefficient (Wildman–Crippen LogP) is 7.86. The molecule has 2 saturated carbocycles. The highest BCUT2D eigenvalue weighted by Gasteiger charge is 2.62. The number of hydrogen-bond donors (Lipinski definition) is 3. The molecule has 19 heteroatoms. The van der Waals surface area contributed by atoms with Gasteiger partial charge < -0.3 is 34.5 Å². The molecule has 360 valence electrons. The number of fused-ring (bicyclic) bond motifs is 3. The maximum absolute atomic E-state index is 14.8. The molecule has 0 radical (unpaired) electrons. The topological polar surface area (TPSA) is 192 Å². The Morgan fingerprint density at radius 2 is 1.68 bits per heavy atom. The molecule has 2 aromatic rings. The summed E-state index contributed by atoms with van der Waals surface area (Å²) >= 11 is 0. The number of rotatable bonds is 9. The average Bonchev–Trinajstić information content (AvgIpc) is 4.19. The highest BCUT2D eigenvalue weighted by Crippen LogP contribution is 2.46. The summed E-state index contributed by atoms with van der Waals surface area (Å²) in [5, 5.41) is 5.60. The number of pyridine rings is 1. The van der Waals surface area contributed by atoms with E-state index in [1.165, 1.54) is 13.3 Å². The van der Waals surface area contributed by atoms with Gasteiger partial charge in [0.05, 0.1) is 37.3 Å². The van der Waals surface area contributed by atoms with Crippen LogP contribution in [0.5, 0.6) is 11.6 Å². The monoisotopic (exact) mass is 919 g/mol. The summed E-state index contributed by atoms with van der Waals surface area (Å²) in [6, 6.07) is 4.11. The van der Waals surface area contributed by atoms with Crippen LogP contribution in [-0.4, -0.2) is 109 Å². The van der Waals surface area contributed by atoms with Crippen LogP contribution in [0.1, 0.15) is 118 Å². The zero-order chi connectivity index (χ0) is 47.5. The number of ether oxygens (including phenoxy) is 4. The molecule has 0 spiro atoms. The number of hydrogen-bond acceptors (Lipinski definition) is 11. The van der Waals surface area contributed by atoms with Gasteiger partial charge in [-0.15, -0.1) is 0 Å². The first-order valence-corrected chi connectivity index (χ1v) is 23.5. The first-order chi connectivity index (χ1) is 29.8. The van der Waals surface area contributed by atoms with Crippen LogP contribution in [0, 0.1) is 5.92 Å². The molecule has 6 rings (SSSR count). The Hall–Kier alpha value is -4.65. The summed E-state index contributed by atoms with van der Waals surface area (Å²) in [5.74, 6) is -2.54. The van der Waals surface area contributed by atoms with Crippen molar-refractivity contribution in [3.8, 4) is 11.6 Å². The largest absolute Gasteiger partial charge is 0.494 e. The standard InChI is InChI=1S/C38H48F3N5O10S.3C2H6.3H2/c1-6-28-30(43-35(50)56-36(3,4)38(39,40)41)33(48)46-20-23(55-32-26-14-10-9-13-25(26)29(53-5)19-42-32)17-27(46)31(47)44-37(34(49)45-57(51,52)24-15-16-24)18-22(37)12-8-7-11-21(2)54-28;3*1-2;;;/h8-10,12-14,19,21-24,27-28,30H,6-7,11,15-18,20H2,1-5H3,(H,43,50)(H,44,47)(H,45,49);3*1-2H3;3*1H/b12-8-;;;;;;/t21-,22-,23-,27+,28+,30+,37-;;;;;;/m1....../s1. The Labute approximate surface area is 374 Å². The summed E-state index contributed by atoms with van der Waals surface area (Å²) < 4.78 is 91.9. The highest BCUT2D eigenvalue weighted by atomic mass is 32.2. The molecule has 4 amide bonds. The van der Waals surface area contributed by atoms with Crippen molar-refractivity contribution in [2.24, 2.45) is 5.92 Å². The number of alkyl halides is 3. The number of amides is 4. The molecule has 15 nitrogen and oxygen atoms in total. The number of allylic oxidation sites excluding steroid dienone is 1. The number of nitrogens with zero attached hydrogens (tertiary/aromatic N) is 2. The smallest absolute Gasteiger partial charge is 0.427 e. The van der Waals surface area contributed by atoms with Crippen LogP contribution in [-0.2, 0) is 33.9 Å². The van der Waals surface area contributed by atoms with Crippen molar-refractivity contribution in [1.82, 2.24) is 25.2 Å². The molecule has 3 heterocycles. The van der Waals surface area contributed by atoms with Crippen LogP contribution in [0.3, 0.4) is 0 Å². The first-order valence-electron chi connectivity index (χ1n) is 22.0. The van der Waals surface area contributed by atoms with Crippen LogP contribution in [0.15, 0.2) is 42.6 Å². The molecule has 4 aliphatic rings. The third-order valence-electron chi connectivity index (χ3n) is 10.9. The van der Waals surface area contributed by atoms with Crippen LogP contribution < -0.4 is 24.8 Å². The molecular weight excluding hydrogens is 848 g/mol. The number of halogens is 3. The van der Waals surface area contributed by atoms with Gasteiger partial charge in [0, 0.05) is 27.4 Å². The maximum atomic E-state index is 14.8. The number of benzene rings is 1. The Balaban J connectivity index is 0.00000451. The van der Waals surface area contributed by atoms with E-state index in [9.17, 15) is 40.8 Å². The van der Waals surface area contributed by atoms with E-state index in [2.05, 4.69) is 20.3 Å². The van der Waals surface area contributed by atoms with Crippen LogP contribution in [0.2, 0.25) is 0 Å². The molecule has 0 unspecified atom stereocenters. The number of carbonyl (C=O) groups excluding carboxylic acids is 4. The quantitative estimate of drug-likeness (QED) is 0.208. The van der Waals surface area contributed by atoms with Crippen LogP contribution in [0.4, 0.5) is 18.0 Å². The molecule has 3 N–H and O–H groups in total. The number of sulfonamides is 1. The summed E-state index contributed by atoms with van der Waals surface area (Å²) in [7, 11) is -2.51. The van der Waals surface area contributed by atoms with Crippen molar-refractivity contribution in [2.45, 2.75) is 167 Å². The minimum Gasteiger partial charge on any atom is -0.494 e. The number of carbonyl (C=O) groups is 4. The fourth-order valence-electron chi connectivity index (χ4n) is 7.20. The van der Waals surface area contributed by atoms with E-state index in [1.807, 2.05) is 41.5 Å². The third kappa shape index (κ3) is 12.5. The highest BCUT2D eigenvalue weighted by molar-refractivity contribution is 7.91. The lowest BCUT2D eigenvalue weighted by Gasteiger charge is -2.35. The van der Waals surface area contributed by atoms with Crippen LogP contribution >= 0.6 is 0 Å². The van der Waals surface area contributed by atoms with Crippen LogP contribution in [0.25, 0.3) is 10.8 Å². The molecule has 1 aromatic carbocycles. The summed E-state index contributed by atoms with van der Waals surface area (Å²) in [6.45, 7) is 16.5. The minimum atomic E-state index is -4.94. The second-order valence-corrected chi connectivity index (χ2v) is 17.5. The number of nitrogens with one attached hydrogen (secondary N) is 3. The van der Waals surface area contributed by atoms with E-state index in [0.29, 0.717) is 56.1 Å². The van der Waals surface area contributed by atoms with Crippen molar-refractivity contribution in [3.05, 3.63) is 42.6 Å². The Kier molecular flexibility index (Phi) is 18.7. The van der Waals surface area contributed by atoms with Gasteiger partial charge in [-0.3, -0.25) is 19.1 Å². The SMILES string of the molecule is CC.CC.CC.CC[C@@H]1O[C@H](C)CC/C=C\[C@@H]2C[C@@]2(C(=O)NS(=O)(=O)C2CC2)NC(=O)[C@@H]2C[C@@H](Oc3ncc(OC)c4ccccc34)CN2C(=O)[C@H]1NC(=O)OC(C)(C)C(F)(F)F.[HH].[HH].[HH]. The van der Waals surface area contributed by atoms with E-state index >= 15 is 0 Å². The summed E-state index contributed by atoms with van der Waals surface area (Å²) in [5.41, 5.74) is -4.58. The first kappa shape index (κ1) is 52.7. The zero-order valence-corrected chi connectivity index (χ0v) is 39.1. The van der Waals surface area contributed by atoms with Gasteiger partial charge in [-0.2, -0.15) is 13.2 Å². The van der Waals surface area contributed by atoms with Gasteiger partial charge in [-0.1, -0.05) is 78.8 Å². The maximum Gasteiger partial charge on any atom is 0.427 e. The van der Waals surface area contributed by atoms with Crippen molar-refractivity contribution in [3.63, 3.8) is 0 Å². The molecule has 2 aliphatic carbocycles. The van der Waals surface area contributed by atoms with Gasteiger partial charge >= 0.3 is 12.3 Å². The minimum absolute atomic E-state index is 0.